The molecule has 0 spiro atoms. The van der Waals surface area contributed by atoms with Crippen molar-refractivity contribution in [3.63, 3.8) is 0 Å². The lowest BCUT2D eigenvalue weighted by molar-refractivity contribution is 0.849. The third-order valence-corrected chi connectivity index (χ3v) is 2.49. The van der Waals surface area contributed by atoms with Crippen molar-refractivity contribution in [1.29, 1.82) is 0 Å². The highest BCUT2D eigenvalue weighted by Crippen LogP contribution is 2.04. The van der Waals surface area contributed by atoms with Crippen LogP contribution in [0.1, 0.15) is 12.0 Å². The summed E-state index contributed by atoms with van der Waals surface area (Å²) in [6, 6.07) is 10.4. The number of hydrogen-bond donors (Lipinski definition) is 1. The standard InChI is InChI=1S/C12H13ClN4/c13-11-15-9-16-12(17-11)14-8-4-7-10-5-2-1-3-6-10/h1-3,5-6,9H,4,7-8H2,(H,14,15,16,17). The van der Waals surface area contributed by atoms with Crippen molar-refractivity contribution in [3.8, 4) is 0 Å². The van der Waals surface area contributed by atoms with Gasteiger partial charge in [-0.2, -0.15) is 4.98 Å². The van der Waals surface area contributed by atoms with Gasteiger partial charge in [0.25, 0.3) is 0 Å². The molecule has 0 atom stereocenters. The minimum Gasteiger partial charge on any atom is -0.354 e. The summed E-state index contributed by atoms with van der Waals surface area (Å²) in [5, 5.41) is 3.32. The number of aromatic nitrogens is 3. The van der Waals surface area contributed by atoms with Crippen LogP contribution >= 0.6 is 11.6 Å². The molecule has 2 aromatic rings. The molecule has 1 N–H and O–H groups in total. The lowest BCUT2D eigenvalue weighted by atomic mass is 10.1. The van der Waals surface area contributed by atoms with Gasteiger partial charge in [-0.3, -0.25) is 0 Å². The van der Waals surface area contributed by atoms with Crippen LogP contribution in [-0.2, 0) is 6.42 Å². The van der Waals surface area contributed by atoms with Crippen LogP contribution in [0.15, 0.2) is 36.7 Å². The van der Waals surface area contributed by atoms with E-state index in [1.807, 2.05) is 6.07 Å². The van der Waals surface area contributed by atoms with Crippen LogP contribution in [0.4, 0.5) is 5.95 Å². The predicted molar refractivity (Wildman–Crippen MR) is 68.1 cm³/mol. The van der Waals surface area contributed by atoms with Gasteiger partial charge in [-0.05, 0) is 30.0 Å². The number of halogens is 1. The van der Waals surface area contributed by atoms with E-state index < -0.39 is 0 Å². The van der Waals surface area contributed by atoms with Crippen molar-refractivity contribution in [1.82, 2.24) is 15.0 Å². The minimum atomic E-state index is 0.213. The Balaban J connectivity index is 1.73. The first kappa shape index (κ1) is 11.8. The molecule has 0 amide bonds. The molecule has 88 valence electrons. The van der Waals surface area contributed by atoms with E-state index in [1.54, 1.807) is 0 Å². The Kier molecular flexibility index (Phi) is 4.27. The van der Waals surface area contributed by atoms with Gasteiger partial charge in [-0.25, -0.2) is 9.97 Å². The fourth-order valence-corrected chi connectivity index (χ4v) is 1.62. The number of rotatable bonds is 5. The average molecular weight is 249 g/mol. The molecule has 5 heteroatoms. The van der Waals surface area contributed by atoms with Crippen LogP contribution in [0.3, 0.4) is 0 Å². The van der Waals surface area contributed by atoms with Crippen molar-refractivity contribution >= 4 is 17.5 Å². The van der Waals surface area contributed by atoms with E-state index in [2.05, 4.69) is 44.5 Å². The highest BCUT2D eigenvalue weighted by molar-refractivity contribution is 6.28. The highest BCUT2D eigenvalue weighted by atomic mass is 35.5. The zero-order chi connectivity index (χ0) is 11.9. The van der Waals surface area contributed by atoms with E-state index in [0.717, 1.165) is 19.4 Å². The number of benzene rings is 1. The predicted octanol–water partition coefficient (Wildman–Crippen LogP) is 2.57. The van der Waals surface area contributed by atoms with E-state index in [1.165, 1.54) is 11.9 Å². The summed E-state index contributed by atoms with van der Waals surface area (Å²) in [6.07, 6.45) is 3.45. The molecule has 0 saturated carbocycles. The zero-order valence-electron chi connectivity index (χ0n) is 9.31. The lowest BCUT2D eigenvalue weighted by Gasteiger charge is -2.04. The Morgan fingerprint density at radius 3 is 2.71 bits per heavy atom. The summed E-state index contributed by atoms with van der Waals surface area (Å²) in [7, 11) is 0. The molecule has 2 rings (SSSR count). The third kappa shape index (κ3) is 4.00. The molecule has 0 fully saturated rings. The number of aryl methyl sites for hydroxylation is 1. The maximum atomic E-state index is 5.65. The lowest BCUT2D eigenvalue weighted by Crippen LogP contribution is -2.06. The first-order valence-corrected chi connectivity index (χ1v) is 5.85. The zero-order valence-corrected chi connectivity index (χ0v) is 10.1. The Hall–Kier alpha value is -1.68. The summed E-state index contributed by atoms with van der Waals surface area (Å²) in [4.78, 5) is 11.6. The first-order chi connectivity index (χ1) is 8.34. The number of nitrogens with one attached hydrogen (secondary N) is 1. The SMILES string of the molecule is Clc1ncnc(NCCCc2ccccc2)n1. The largest absolute Gasteiger partial charge is 0.354 e. The molecular weight excluding hydrogens is 236 g/mol. The summed E-state index contributed by atoms with van der Waals surface area (Å²) >= 11 is 5.65. The summed E-state index contributed by atoms with van der Waals surface area (Å²) in [5.74, 6) is 0.526. The van der Waals surface area contributed by atoms with Crippen molar-refractivity contribution in [2.24, 2.45) is 0 Å². The molecule has 1 aromatic carbocycles. The normalized spacial score (nSPS) is 10.2. The third-order valence-electron chi connectivity index (χ3n) is 2.31. The van der Waals surface area contributed by atoms with Crippen LogP contribution in [0.2, 0.25) is 5.28 Å². The smallest absolute Gasteiger partial charge is 0.227 e. The van der Waals surface area contributed by atoms with Crippen LogP contribution < -0.4 is 5.32 Å². The number of hydrogen-bond acceptors (Lipinski definition) is 4. The second-order valence-electron chi connectivity index (χ2n) is 3.59. The second-order valence-corrected chi connectivity index (χ2v) is 3.93. The Bertz CT molecular complexity index is 461. The monoisotopic (exact) mass is 248 g/mol. The van der Waals surface area contributed by atoms with Gasteiger partial charge in [0.15, 0.2) is 0 Å². The minimum absolute atomic E-state index is 0.213. The molecule has 0 bridgehead atoms. The van der Waals surface area contributed by atoms with Gasteiger partial charge < -0.3 is 5.32 Å². The van der Waals surface area contributed by atoms with Gasteiger partial charge in [0.2, 0.25) is 11.2 Å². The van der Waals surface area contributed by atoms with Crippen molar-refractivity contribution in [3.05, 3.63) is 47.5 Å². The topological polar surface area (TPSA) is 50.7 Å². The van der Waals surface area contributed by atoms with Gasteiger partial charge in [0.1, 0.15) is 6.33 Å². The van der Waals surface area contributed by atoms with Crippen molar-refractivity contribution in [2.45, 2.75) is 12.8 Å². The molecule has 1 aromatic heterocycles. The second kappa shape index (κ2) is 6.15. The highest BCUT2D eigenvalue weighted by Gasteiger charge is 1.97. The Morgan fingerprint density at radius 1 is 1.12 bits per heavy atom. The van der Waals surface area contributed by atoms with Crippen LogP contribution in [0.5, 0.6) is 0 Å². The molecular formula is C12H13ClN4. The van der Waals surface area contributed by atoms with Gasteiger partial charge in [0.05, 0.1) is 0 Å². The van der Waals surface area contributed by atoms with Gasteiger partial charge >= 0.3 is 0 Å². The van der Waals surface area contributed by atoms with Crippen LogP contribution in [0.25, 0.3) is 0 Å². The van der Waals surface area contributed by atoms with E-state index >= 15 is 0 Å². The van der Waals surface area contributed by atoms with Gasteiger partial charge in [0, 0.05) is 6.54 Å². The van der Waals surface area contributed by atoms with Crippen molar-refractivity contribution < 1.29 is 0 Å². The molecule has 4 nitrogen and oxygen atoms in total. The van der Waals surface area contributed by atoms with Gasteiger partial charge in [-0.1, -0.05) is 30.3 Å². The molecule has 0 radical (unpaired) electrons. The fourth-order valence-electron chi connectivity index (χ4n) is 1.50. The summed E-state index contributed by atoms with van der Waals surface area (Å²) < 4.78 is 0. The summed E-state index contributed by atoms with van der Waals surface area (Å²) in [6.45, 7) is 0.815. The molecule has 1 heterocycles. The first-order valence-electron chi connectivity index (χ1n) is 5.47. The molecule has 17 heavy (non-hydrogen) atoms. The van der Waals surface area contributed by atoms with Crippen molar-refractivity contribution in [2.75, 3.05) is 11.9 Å². The molecule has 0 unspecified atom stereocenters. The maximum Gasteiger partial charge on any atom is 0.227 e. The quantitative estimate of drug-likeness (QED) is 0.827. The van der Waals surface area contributed by atoms with Gasteiger partial charge in [-0.15, -0.1) is 0 Å². The Labute approximate surface area is 105 Å². The molecule has 0 aliphatic heterocycles. The average Bonchev–Trinajstić information content (AvgIpc) is 2.36. The summed E-state index contributed by atoms with van der Waals surface area (Å²) in [5.41, 5.74) is 1.34. The van der Waals surface area contributed by atoms with E-state index in [0.29, 0.717) is 5.95 Å². The van der Waals surface area contributed by atoms with Crippen LogP contribution in [0, 0.1) is 0 Å². The molecule has 0 aliphatic rings. The van der Waals surface area contributed by atoms with E-state index in [9.17, 15) is 0 Å². The van der Waals surface area contributed by atoms with E-state index in [-0.39, 0.29) is 5.28 Å². The Morgan fingerprint density at radius 2 is 1.94 bits per heavy atom. The van der Waals surface area contributed by atoms with E-state index in [4.69, 9.17) is 11.6 Å². The molecule has 0 aliphatic carbocycles. The number of nitrogens with zero attached hydrogens (tertiary/aromatic N) is 3. The maximum absolute atomic E-state index is 5.65. The van der Waals surface area contributed by atoms with Crippen LogP contribution in [-0.4, -0.2) is 21.5 Å². The molecule has 0 saturated heterocycles. The fraction of sp³-hybridized carbons (Fsp3) is 0.250. The number of anilines is 1.